The molecule has 0 saturated carbocycles. The number of carbonyl (C=O) groups is 1. The van der Waals surface area contributed by atoms with E-state index < -0.39 is 0 Å². The molecular weight excluding hydrogens is 293 g/mol. The predicted molar refractivity (Wildman–Crippen MR) is 75.7 cm³/mol. The summed E-state index contributed by atoms with van der Waals surface area (Å²) in [5.74, 6) is -0.309. The molecule has 0 aliphatic heterocycles. The first kappa shape index (κ1) is 13.1. The lowest BCUT2D eigenvalue weighted by Gasteiger charge is -2.10. The van der Waals surface area contributed by atoms with Crippen LogP contribution in [0, 0.1) is 6.92 Å². The van der Waals surface area contributed by atoms with Crippen LogP contribution >= 0.6 is 34.5 Å². The molecule has 0 aliphatic rings. The fraction of sp³-hybridized carbons (Fsp3) is 0.0909. The van der Waals surface area contributed by atoms with Crippen LogP contribution in [0.2, 0.25) is 10.0 Å². The summed E-state index contributed by atoms with van der Waals surface area (Å²) in [7, 11) is 0. The van der Waals surface area contributed by atoms with Crippen LogP contribution in [0.15, 0.2) is 18.3 Å². The largest absolute Gasteiger partial charge is 0.375 e. The van der Waals surface area contributed by atoms with Crippen molar-refractivity contribution >= 4 is 51.3 Å². The number of carbonyl (C=O) groups excluding carboxylic acids is 1. The van der Waals surface area contributed by atoms with Crippen LogP contribution in [-0.4, -0.2) is 10.9 Å². The van der Waals surface area contributed by atoms with Crippen LogP contribution in [0.5, 0.6) is 0 Å². The molecule has 0 unspecified atom stereocenters. The summed E-state index contributed by atoms with van der Waals surface area (Å²) >= 11 is 13.1. The average Bonchev–Trinajstić information content (AvgIpc) is 2.76. The number of anilines is 2. The number of aromatic nitrogens is 1. The first-order valence-corrected chi connectivity index (χ1v) is 6.53. The topological polar surface area (TPSA) is 68.0 Å². The standard InChI is InChI=1S/C11H9Cl2N3OS/c1-5-6(12)2-3-7(13)9(5)16-10(17)8-4-15-11(14)18-8/h2-4H,1H3,(H2,14,15)(H,16,17). The van der Waals surface area contributed by atoms with E-state index >= 15 is 0 Å². The molecule has 1 aromatic heterocycles. The Bertz CT molecular complexity index is 612. The van der Waals surface area contributed by atoms with Gasteiger partial charge in [0.15, 0.2) is 5.13 Å². The molecule has 0 atom stereocenters. The second-order valence-electron chi connectivity index (χ2n) is 3.55. The van der Waals surface area contributed by atoms with Crippen molar-refractivity contribution in [2.45, 2.75) is 6.92 Å². The molecule has 0 radical (unpaired) electrons. The predicted octanol–water partition coefficient (Wildman–Crippen LogP) is 3.59. The van der Waals surface area contributed by atoms with Crippen LogP contribution in [0.4, 0.5) is 10.8 Å². The fourth-order valence-corrected chi connectivity index (χ4v) is 2.36. The van der Waals surface area contributed by atoms with Gasteiger partial charge in [0, 0.05) is 5.02 Å². The fourth-order valence-electron chi connectivity index (χ4n) is 1.37. The summed E-state index contributed by atoms with van der Waals surface area (Å²) in [6, 6.07) is 3.31. The van der Waals surface area contributed by atoms with E-state index in [1.54, 1.807) is 19.1 Å². The lowest BCUT2D eigenvalue weighted by Crippen LogP contribution is -2.11. The van der Waals surface area contributed by atoms with Crippen LogP contribution in [0.3, 0.4) is 0 Å². The molecule has 0 spiro atoms. The molecule has 94 valence electrons. The quantitative estimate of drug-likeness (QED) is 0.890. The van der Waals surface area contributed by atoms with Crippen LogP contribution in [0.25, 0.3) is 0 Å². The average molecular weight is 302 g/mol. The minimum Gasteiger partial charge on any atom is -0.375 e. The summed E-state index contributed by atoms with van der Waals surface area (Å²) in [5, 5.41) is 4.02. The summed E-state index contributed by atoms with van der Waals surface area (Å²) in [4.78, 5) is 16.2. The summed E-state index contributed by atoms with van der Waals surface area (Å²) < 4.78 is 0. The number of nitrogens with zero attached hydrogens (tertiary/aromatic N) is 1. The molecule has 2 aromatic rings. The number of halogens is 2. The zero-order chi connectivity index (χ0) is 13.3. The van der Waals surface area contributed by atoms with Crippen molar-refractivity contribution in [3.63, 3.8) is 0 Å². The highest BCUT2D eigenvalue weighted by Gasteiger charge is 2.14. The lowest BCUT2D eigenvalue weighted by atomic mass is 10.2. The van der Waals surface area contributed by atoms with Crippen molar-refractivity contribution in [2.24, 2.45) is 0 Å². The van der Waals surface area contributed by atoms with Gasteiger partial charge in [-0.15, -0.1) is 0 Å². The number of hydrogen-bond donors (Lipinski definition) is 2. The maximum absolute atomic E-state index is 11.9. The normalized spacial score (nSPS) is 10.4. The molecule has 7 heteroatoms. The number of amides is 1. The van der Waals surface area contributed by atoms with E-state index in [9.17, 15) is 4.79 Å². The Morgan fingerprint density at radius 3 is 2.67 bits per heavy atom. The Morgan fingerprint density at radius 1 is 1.39 bits per heavy atom. The molecule has 18 heavy (non-hydrogen) atoms. The molecule has 1 aromatic carbocycles. The molecular formula is C11H9Cl2N3OS. The first-order valence-electron chi connectivity index (χ1n) is 4.96. The molecule has 2 rings (SSSR count). The van der Waals surface area contributed by atoms with Crippen molar-refractivity contribution in [3.8, 4) is 0 Å². The van der Waals surface area contributed by atoms with E-state index in [-0.39, 0.29) is 5.91 Å². The molecule has 3 N–H and O–H groups in total. The SMILES string of the molecule is Cc1c(Cl)ccc(Cl)c1NC(=O)c1cnc(N)s1. The molecule has 0 fully saturated rings. The van der Waals surface area contributed by atoms with E-state index in [0.29, 0.717) is 25.7 Å². The van der Waals surface area contributed by atoms with Crippen molar-refractivity contribution in [1.82, 2.24) is 4.98 Å². The maximum Gasteiger partial charge on any atom is 0.267 e. The van der Waals surface area contributed by atoms with E-state index in [2.05, 4.69) is 10.3 Å². The van der Waals surface area contributed by atoms with Gasteiger partial charge in [-0.25, -0.2) is 4.98 Å². The third-order valence-electron chi connectivity index (χ3n) is 2.33. The van der Waals surface area contributed by atoms with Crippen molar-refractivity contribution in [1.29, 1.82) is 0 Å². The second-order valence-corrected chi connectivity index (χ2v) is 5.42. The summed E-state index contributed by atoms with van der Waals surface area (Å²) in [6.07, 6.45) is 1.42. The Labute approximate surface area is 118 Å². The number of thiazole rings is 1. The van der Waals surface area contributed by atoms with Gasteiger partial charge < -0.3 is 11.1 Å². The molecule has 4 nitrogen and oxygen atoms in total. The van der Waals surface area contributed by atoms with Gasteiger partial charge in [0.2, 0.25) is 0 Å². The molecule has 1 amide bonds. The first-order chi connectivity index (χ1) is 8.49. The molecule has 0 bridgehead atoms. The van der Waals surface area contributed by atoms with Gasteiger partial charge >= 0.3 is 0 Å². The van der Waals surface area contributed by atoms with Gasteiger partial charge in [0.25, 0.3) is 5.91 Å². The lowest BCUT2D eigenvalue weighted by molar-refractivity contribution is 0.103. The summed E-state index contributed by atoms with van der Waals surface area (Å²) in [6.45, 7) is 1.78. The Balaban J connectivity index is 2.30. The van der Waals surface area contributed by atoms with Crippen molar-refractivity contribution in [3.05, 3.63) is 38.8 Å². The van der Waals surface area contributed by atoms with E-state index in [0.717, 1.165) is 16.9 Å². The Kier molecular flexibility index (Phi) is 3.75. The smallest absolute Gasteiger partial charge is 0.267 e. The third-order valence-corrected chi connectivity index (χ3v) is 3.88. The van der Waals surface area contributed by atoms with Gasteiger partial charge in [-0.2, -0.15) is 0 Å². The van der Waals surface area contributed by atoms with Gasteiger partial charge in [0.1, 0.15) is 4.88 Å². The Hall–Kier alpha value is -1.30. The number of nitrogens with two attached hydrogens (primary N) is 1. The second kappa shape index (κ2) is 5.14. The zero-order valence-electron chi connectivity index (χ0n) is 9.33. The minimum absolute atomic E-state index is 0.309. The van der Waals surface area contributed by atoms with E-state index in [1.165, 1.54) is 6.20 Å². The van der Waals surface area contributed by atoms with Crippen molar-refractivity contribution < 1.29 is 4.79 Å². The highest BCUT2D eigenvalue weighted by atomic mass is 35.5. The zero-order valence-corrected chi connectivity index (χ0v) is 11.7. The van der Waals surface area contributed by atoms with Gasteiger partial charge in [-0.05, 0) is 24.6 Å². The summed E-state index contributed by atoms with van der Waals surface area (Å²) in [5.41, 5.74) is 6.69. The third kappa shape index (κ3) is 2.58. The highest BCUT2D eigenvalue weighted by molar-refractivity contribution is 7.17. The van der Waals surface area contributed by atoms with Gasteiger partial charge in [-0.3, -0.25) is 4.79 Å². The molecule has 1 heterocycles. The maximum atomic E-state index is 11.9. The number of rotatable bonds is 2. The Morgan fingerprint density at radius 2 is 2.06 bits per heavy atom. The number of benzene rings is 1. The van der Waals surface area contributed by atoms with Crippen LogP contribution in [-0.2, 0) is 0 Å². The minimum atomic E-state index is -0.309. The number of nitrogen functional groups attached to an aromatic ring is 1. The van der Waals surface area contributed by atoms with Crippen LogP contribution < -0.4 is 11.1 Å². The number of hydrogen-bond acceptors (Lipinski definition) is 4. The number of nitrogens with one attached hydrogen (secondary N) is 1. The molecule has 0 aliphatic carbocycles. The molecule has 0 saturated heterocycles. The van der Waals surface area contributed by atoms with Gasteiger partial charge in [-0.1, -0.05) is 34.5 Å². The van der Waals surface area contributed by atoms with E-state index in [4.69, 9.17) is 28.9 Å². The van der Waals surface area contributed by atoms with Crippen molar-refractivity contribution in [2.75, 3.05) is 11.1 Å². The van der Waals surface area contributed by atoms with Crippen LogP contribution in [0.1, 0.15) is 15.2 Å². The monoisotopic (exact) mass is 301 g/mol. The van der Waals surface area contributed by atoms with Gasteiger partial charge in [0.05, 0.1) is 16.9 Å². The highest BCUT2D eigenvalue weighted by Crippen LogP contribution is 2.31. The van der Waals surface area contributed by atoms with E-state index in [1.807, 2.05) is 0 Å².